The molecule has 0 aliphatic heterocycles. The summed E-state index contributed by atoms with van der Waals surface area (Å²) in [5.74, 6) is 0.868. The highest BCUT2D eigenvalue weighted by molar-refractivity contribution is 5.57. The summed E-state index contributed by atoms with van der Waals surface area (Å²) in [7, 11) is 0. The molecule has 0 aliphatic rings. The third-order valence-electron chi connectivity index (χ3n) is 2.84. The second-order valence-corrected chi connectivity index (χ2v) is 5.35. The summed E-state index contributed by atoms with van der Waals surface area (Å²) in [6, 6.07) is 2.89. The van der Waals surface area contributed by atoms with Crippen molar-refractivity contribution < 1.29 is 4.92 Å². The van der Waals surface area contributed by atoms with Crippen LogP contribution in [0.2, 0.25) is 0 Å². The normalized spacial score (nSPS) is 14.2. The molecule has 0 fully saturated rings. The Morgan fingerprint density at radius 1 is 1.53 bits per heavy atom. The molecule has 7 nitrogen and oxygen atoms in total. The van der Waals surface area contributed by atoms with E-state index >= 15 is 0 Å². The fourth-order valence-electron chi connectivity index (χ4n) is 2.09. The standard InChI is InChI=1S/C12H21N5O2/c1-8(2)6-12(3,7-13)16-10-5-4-9(17(18)19)11(14)15-10/h4-5,8H,6-7,13H2,1-3H3,(H3,14,15,16). The first-order valence-electron chi connectivity index (χ1n) is 6.16. The van der Waals surface area contributed by atoms with Gasteiger partial charge < -0.3 is 16.8 Å². The molecule has 0 saturated heterocycles. The van der Waals surface area contributed by atoms with Gasteiger partial charge in [0.1, 0.15) is 5.82 Å². The fraction of sp³-hybridized carbons (Fsp3) is 0.583. The maximum Gasteiger partial charge on any atom is 0.311 e. The molecular weight excluding hydrogens is 246 g/mol. The zero-order chi connectivity index (χ0) is 14.6. The van der Waals surface area contributed by atoms with E-state index in [0.29, 0.717) is 18.3 Å². The van der Waals surface area contributed by atoms with Crippen LogP contribution in [-0.4, -0.2) is 22.0 Å². The molecule has 0 aliphatic carbocycles. The number of nitrogens with one attached hydrogen (secondary N) is 1. The molecule has 19 heavy (non-hydrogen) atoms. The molecule has 0 bridgehead atoms. The summed E-state index contributed by atoms with van der Waals surface area (Å²) in [4.78, 5) is 14.1. The van der Waals surface area contributed by atoms with Crippen LogP contribution in [0.25, 0.3) is 0 Å². The van der Waals surface area contributed by atoms with E-state index in [9.17, 15) is 10.1 Å². The molecule has 1 rings (SSSR count). The predicted octanol–water partition coefficient (Wildman–Crippen LogP) is 1.75. The Morgan fingerprint density at radius 3 is 2.58 bits per heavy atom. The van der Waals surface area contributed by atoms with E-state index < -0.39 is 4.92 Å². The lowest BCUT2D eigenvalue weighted by atomic mass is 9.91. The van der Waals surface area contributed by atoms with E-state index in [1.807, 2.05) is 6.92 Å². The number of anilines is 2. The first-order valence-corrected chi connectivity index (χ1v) is 6.16. The summed E-state index contributed by atoms with van der Waals surface area (Å²) in [5, 5.41) is 13.9. The Hall–Kier alpha value is -1.89. The van der Waals surface area contributed by atoms with Gasteiger partial charge in [-0.05, 0) is 25.3 Å². The van der Waals surface area contributed by atoms with Crippen molar-refractivity contribution in [2.75, 3.05) is 17.6 Å². The zero-order valence-corrected chi connectivity index (χ0v) is 11.5. The van der Waals surface area contributed by atoms with Crippen molar-refractivity contribution in [3.63, 3.8) is 0 Å². The second kappa shape index (κ2) is 5.83. The van der Waals surface area contributed by atoms with E-state index in [2.05, 4.69) is 24.1 Å². The number of nitrogen functional groups attached to an aromatic ring is 1. The third-order valence-corrected chi connectivity index (χ3v) is 2.84. The Bertz CT molecular complexity index is 463. The zero-order valence-electron chi connectivity index (χ0n) is 11.5. The maximum atomic E-state index is 10.7. The first-order chi connectivity index (χ1) is 8.77. The minimum atomic E-state index is -0.553. The highest BCUT2D eigenvalue weighted by Crippen LogP contribution is 2.25. The van der Waals surface area contributed by atoms with E-state index in [1.54, 1.807) is 6.07 Å². The molecule has 1 unspecified atom stereocenters. The van der Waals surface area contributed by atoms with Gasteiger partial charge in [0.25, 0.3) is 0 Å². The lowest BCUT2D eigenvalue weighted by Gasteiger charge is -2.31. The molecular formula is C12H21N5O2. The molecule has 0 aromatic carbocycles. The number of nitrogens with two attached hydrogens (primary N) is 2. The maximum absolute atomic E-state index is 10.7. The van der Waals surface area contributed by atoms with E-state index in [1.165, 1.54) is 6.07 Å². The molecule has 0 amide bonds. The van der Waals surface area contributed by atoms with Gasteiger partial charge in [0, 0.05) is 18.2 Å². The largest absolute Gasteiger partial charge is 0.378 e. The van der Waals surface area contributed by atoms with Crippen molar-refractivity contribution >= 4 is 17.3 Å². The Kier molecular flexibility index (Phi) is 4.66. The monoisotopic (exact) mass is 267 g/mol. The highest BCUT2D eigenvalue weighted by Gasteiger charge is 2.24. The molecule has 1 atom stereocenters. The molecule has 0 saturated carbocycles. The summed E-state index contributed by atoms with van der Waals surface area (Å²) in [6.45, 7) is 6.64. The number of aromatic nitrogens is 1. The molecule has 5 N–H and O–H groups in total. The van der Waals surface area contributed by atoms with Crippen molar-refractivity contribution in [2.45, 2.75) is 32.7 Å². The van der Waals surface area contributed by atoms with Gasteiger partial charge in [0.15, 0.2) is 0 Å². The molecule has 1 heterocycles. The summed E-state index contributed by atoms with van der Waals surface area (Å²) < 4.78 is 0. The lowest BCUT2D eigenvalue weighted by molar-refractivity contribution is -0.384. The van der Waals surface area contributed by atoms with Crippen molar-refractivity contribution in [1.29, 1.82) is 0 Å². The molecule has 106 valence electrons. The number of nitro groups is 1. The molecule has 0 radical (unpaired) electrons. The molecule has 7 heteroatoms. The lowest BCUT2D eigenvalue weighted by Crippen LogP contribution is -2.43. The van der Waals surface area contributed by atoms with Gasteiger partial charge in [-0.1, -0.05) is 13.8 Å². The average molecular weight is 267 g/mol. The quantitative estimate of drug-likeness (QED) is 0.533. The number of rotatable bonds is 6. The van der Waals surface area contributed by atoms with Gasteiger partial charge in [-0.3, -0.25) is 10.1 Å². The van der Waals surface area contributed by atoms with E-state index in [-0.39, 0.29) is 17.0 Å². The van der Waals surface area contributed by atoms with Crippen molar-refractivity contribution in [1.82, 2.24) is 4.98 Å². The van der Waals surface area contributed by atoms with Crippen molar-refractivity contribution in [3.05, 3.63) is 22.2 Å². The van der Waals surface area contributed by atoms with E-state index in [0.717, 1.165) is 6.42 Å². The summed E-state index contributed by atoms with van der Waals surface area (Å²) >= 11 is 0. The van der Waals surface area contributed by atoms with Gasteiger partial charge in [-0.25, -0.2) is 4.98 Å². The highest BCUT2D eigenvalue weighted by atomic mass is 16.6. The first kappa shape index (κ1) is 15.2. The minimum Gasteiger partial charge on any atom is -0.378 e. The molecule has 1 aromatic heterocycles. The topological polar surface area (TPSA) is 120 Å². The second-order valence-electron chi connectivity index (χ2n) is 5.35. The van der Waals surface area contributed by atoms with Crippen LogP contribution in [0.3, 0.4) is 0 Å². The number of hydrogen-bond acceptors (Lipinski definition) is 6. The van der Waals surface area contributed by atoms with Gasteiger partial charge in [-0.2, -0.15) is 0 Å². The Morgan fingerprint density at radius 2 is 2.16 bits per heavy atom. The van der Waals surface area contributed by atoms with Crippen LogP contribution >= 0.6 is 0 Å². The van der Waals surface area contributed by atoms with E-state index in [4.69, 9.17) is 11.5 Å². The van der Waals surface area contributed by atoms with Crippen LogP contribution in [0.4, 0.5) is 17.3 Å². The SMILES string of the molecule is CC(C)CC(C)(CN)Nc1ccc([N+](=O)[O-])c(N)n1. The van der Waals surface area contributed by atoms with Gasteiger partial charge >= 0.3 is 5.69 Å². The van der Waals surface area contributed by atoms with Crippen LogP contribution in [-0.2, 0) is 0 Å². The van der Waals surface area contributed by atoms with Crippen LogP contribution in [0.5, 0.6) is 0 Å². The van der Waals surface area contributed by atoms with Crippen LogP contribution < -0.4 is 16.8 Å². The number of pyridine rings is 1. The van der Waals surface area contributed by atoms with Crippen LogP contribution in [0.1, 0.15) is 27.2 Å². The predicted molar refractivity (Wildman–Crippen MR) is 75.8 cm³/mol. The fourth-order valence-corrected chi connectivity index (χ4v) is 2.09. The van der Waals surface area contributed by atoms with Crippen molar-refractivity contribution in [3.8, 4) is 0 Å². The number of nitrogens with zero attached hydrogens (tertiary/aromatic N) is 2. The molecule has 1 aromatic rings. The minimum absolute atomic E-state index is 0.0982. The average Bonchev–Trinajstić information content (AvgIpc) is 2.27. The Labute approximate surface area is 112 Å². The summed E-state index contributed by atoms with van der Waals surface area (Å²) in [5.41, 5.74) is 10.8. The Balaban J connectivity index is 2.92. The van der Waals surface area contributed by atoms with Gasteiger partial charge in [0.2, 0.25) is 5.82 Å². The summed E-state index contributed by atoms with van der Waals surface area (Å²) in [6.07, 6.45) is 0.863. The third kappa shape index (κ3) is 4.06. The molecule has 0 spiro atoms. The van der Waals surface area contributed by atoms with Gasteiger partial charge in [-0.15, -0.1) is 0 Å². The van der Waals surface area contributed by atoms with Gasteiger partial charge in [0.05, 0.1) is 4.92 Å². The number of hydrogen-bond donors (Lipinski definition) is 3. The van der Waals surface area contributed by atoms with Crippen LogP contribution in [0.15, 0.2) is 12.1 Å². The van der Waals surface area contributed by atoms with Crippen molar-refractivity contribution in [2.24, 2.45) is 11.7 Å². The van der Waals surface area contributed by atoms with Crippen LogP contribution in [0, 0.1) is 16.0 Å². The smallest absolute Gasteiger partial charge is 0.311 e.